The van der Waals surface area contributed by atoms with Crippen molar-refractivity contribution < 1.29 is 18.8 Å². The fourth-order valence-electron chi connectivity index (χ4n) is 3.70. The molecule has 4 aromatic rings. The van der Waals surface area contributed by atoms with E-state index < -0.39 is 17.6 Å². The van der Waals surface area contributed by atoms with E-state index in [9.17, 15) is 14.4 Å². The van der Waals surface area contributed by atoms with Crippen LogP contribution in [0.4, 0.5) is 14.5 Å². The molecule has 8 nitrogen and oxygen atoms in total. The molecule has 11 heteroatoms. The molecule has 0 aliphatic rings. The number of carbonyl (C=O) groups excluding carboxylic acids is 3. The van der Waals surface area contributed by atoms with Crippen molar-refractivity contribution in [3.8, 4) is 11.1 Å². The van der Waals surface area contributed by atoms with E-state index in [1.165, 1.54) is 23.5 Å². The van der Waals surface area contributed by atoms with Crippen molar-refractivity contribution in [2.24, 2.45) is 5.41 Å². The maximum atomic E-state index is 15.1. The molecule has 0 aliphatic carbocycles. The van der Waals surface area contributed by atoms with Crippen molar-refractivity contribution in [2.75, 3.05) is 17.2 Å². The second-order valence-corrected chi connectivity index (χ2v) is 11.9. The molecule has 39 heavy (non-hydrogen) atoms. The predicted octanol–water partition coefficient (Wildman–Crippen LogP) is 6.30. The van der Waals surface area contributed by atoms with Crippen LogP contribution in [-0.2, 0) is 0 Å². The van der Waals surface area contributed by atoms with Crippen LogP contribution in [0.3, 0.4) is 0 Å². The number of nitrogens with zero attached hydrogens (tertiary/aromatic N) is 2. The molecule has 4 rings (SSSR count). The first-order valence-electron chi connectivity index (χ1n) is 12.1. The summed E-state index contributed by atoms with van der Waals surface area (Å²) in [6.45, 7) is 9.82. The second kappa shape index (κ2) is 11.4. The Morgan fingerprint density at radius 3 is 2.33 bits per heavy atom. The van der Waals surface area contributed by atoms with Gasteiger partial charge in [0.05, 0.1) is 5.69 Å². The van der Waals surface area contributed by atoms with Crippen molar-refractivity contribution in [1.82, 2.24) is 14.7 Å². The Balaban J connectivity index is 1.76. The number of thiazole rings is 1. The number of carbonyl (C=O) groups is 3. The summed E-state index contributed by atoms with van der Waals surface area (Å²) >= 11 is 2.37. The SMILES string of the molecule is Cc1cc(NC(=O)c2cc(F)c(C)c(-c3ccc(C(=O)NCC(C)(C)C)cc3C(=O)Nc3nccs3)c2)sn1. The number of nitrogens with one attached hydrogen (secondary N) is 3. The lowest BCUT2D eigenvalue weighted by Gasteiger charge is -2.19. The monoisotopic (exact) mass is 565 g/mol. The molecule has 0 bridgehead atoms. The number of rotatable bonds is 7. The summed E-state index contributed by atoms with van der Waals surface area (Å²) in [5, 5.41) is 11.0. The summed E-state index contributed by atoms with van der Waals surface area (Å²) < 4.78 is 19.3. The molecule has 202 valence electrons. The van der Waals surface area contributed by atoms with Crippen LogP contribution in [0, 0.1) is 25.1 Å². The average Bonchev–Trinajstić information content (AvgIpc) is 3.54. The van der Waals surface area contributed by atoms with Crippen molar-refractivity contribution in [2.45, 2.75) is 34.6 Å². The van der Waals surface area contributed by atoms with Crippen LogP contribution < -0.4 is 16.0 Å². The lowest BCUT2D eigenvalue weighted by Crippen LogP contribution is -2.32. The van der Waals surface area contributed by atoms with Crippen LogP contribution in [0.25, 0.3) is 11.1 Å². The molecule has 2 aromatic carbocycles. The standard InChI is InChI=1S/C28H28FN5O3S2/c1-15-10-23(39-34-15)32-25(36)18-12-20(16(2)22(29)13-18)19-7-6-17(24(35)31-14-28(3,4)5)11-21(19)26(37)33-27-30-8-9-38-27/h6-13H,14H2,1-5H3,(H,31,35)(H,32,36)(H,30,33,37). The quantitative estimate of drug-likeness (QED) is 0.243. The molecule has 3 N–H and O–H groups in total. The lowest BCUT2D eigenvalue weighted by atomic mass is 9.91. The molecule has 2 heterocycles. The Hall–Kier alpha value is -3.96. The third kappa shape index (κ3) is 6.92. The van der Waals surface area contributed by atoms with Gasteiger partial charge in [0.25, 0.3) is 17.7 Å². The van der Waals surface area contributed by atoms with Gasteiger partial charge in [-0.25, -0.2) is 9.37 Å². The molecule has 0 aliphatic heterocycles. The maximum Gasteiger partial charge on any atom is 0.258 e. The number of amides is 3. The van der Waals surface area contributed by atoms with E-state index >= 15 is 4.39 Å². The minimum atomic E-state index is -0.601. The minimum absolute atomic E-state index is 0.0810. The minimum Gasteiger partial charge on any atom is -0.352 e. The normalized spacial score (nSPS) is 11.2. The molecule has 2 aromatic heterocycles. The number of benzene rings is 2. The largest absolute Gasteiger partial charge is 0.352 e. The van der Waals surface area contributed by atoms with Gasteiger partial charge in [0.2, 0.25) is 0 Å². The molecule has 3 amide bonds. The fourth-order valence-corrected chi connectivity index (χ4v) is 4.88. The zero-order valence-corrected chi connectivity index (χ0v) is 23.8. The van der Waals surface area contributed by atoms with Crippen LogP contribution in [0.5, 0.6) is 0 Å². The summed E-state index contributed by atoms with van der Waals surface area (Å²) in [5.41, 5.74) is 2.11. The molecule has 0 spiro atoms. The Bertz CT molecular complexity index is 1540. The van der Waals surface area contributed by atoms with Gasteiger partial charge in [0.1, 0.15) is 10.8 Å². The molecule has 0 radical (unpaired) electrons. The Labute approximate surface area is 233 Å². The Kier molecular flexibility index (Phi) is 8.22. The van der Waals surface area contributed by atoms with E-state index in [2.05, 4.69) is 25.3 Å². The van der Waals surface area contributed by atoms with Gasteiger partial charge in [-0.1, -0.05) is 26.8 Å². The zero-order valence-electron chi connectivity index (χ0n) is 22.1. The van der Waals surface area contributed by atoms with Gasteiger partial charge in [0.15, 0.2) is 5.13 Å². The van der Waals surface area contributed by atoms with Gasteiger partial charge < -0.3 is 10.6 Å². The number of aromatic nitrogens is 2. The summed E-state index contributed by atoms with van der Waals surface area (Å²) in [6.07, 6.45) is 1.56. The highest BCUT2D eigenvalue weighted by molar-refractivity contribution is 7.13. The smallest absolute Gasteiger partial charge is 0.258 e. The first-order chi connectivity index (χ1) is 18.4. The van der Waals surface area contributed by atoms with Gasteiger partial charge in [-0.05, 0) is 77.8 Å². The number of hydrogen-bond acceptors (Lipinski definition) is 7. The maximum absolute atomic E-state index is 15.1. The van der Waals surface area contributed by atoms with Crippen LogP contribution >= 0.6 is 22.9 Å². The van der Waals surface area contributed by atoms with Crippen LogP contribution in [0.2, 0.25) is 0 Å². The van der Waals surface area contributed by atoms with Crippen LogP contribution in [0.1, 0.15) is 63.1 Å². The third-order valence-electron chi connectivity index (χ3n) is 5.72. The van der Waals surface area contributed by atoms with Crippen LogP contribution in [0.15, 0.2) is 48.0 Å². The van der Waals surface area contributed by atoms with E-state index in [1.54, 1.807) is 43.6 Å². The summed E-state index contributed by atoms with van der Waals surface area (Å²) in [6, 6.07) is 9.07. The van der Waals surface area contributed by atoms with Crippen LogP contribution in [-0.4, -0.2) is 33.6 Å². The molecule has 0 unspecified atom stereocenters. The third-order valence-corrected chi connectivity index (χ3v) is 7.20. The highest BCUT2D eigenvalue weighted by atomic mass is 32.1. The van der Waals surface area contributed by atoms with Gasteiger partial charge in [0, 0.05) is 34.8 Å². The highest BCUT2D eigenvalue weighted by Gasteiger charge is 2.22. The van der Waals surface area contributed by atoms with Gasteiger partial charge in [-0.15, -0.1) is 11.3 Å². The van der Waals surface area contributed by atoms with E-state index in [4.69, 9.17) is 0 Å². The van der Waals surface area contributed by atoms with E-state index in [0.29, 0.717) is 27.8 Å². The fraction of sp³-hybridized carbons (Fsp3) is 0.250. The van der Waals surface area contributed by atoms with Crippen molar-refractivity contribution >= 4 is 50.7 Å². The van der Waals surface area contributed by atoms with E-state index in [0.717, 1.165) is 23.3 Å². The number of anilines is 2. The highest BCUT2D eigenvalue weighted by Crippen LogP contribution is 2.32. The topological polar surface area (TPSA) is 113 Å². The number of aryl methyl sites for hydroxylation is 1. The second-order valence-electron chi connectivity index (χ2n) is 10.2. The molecule has 0 fully saturated rings. The van der Waals surface area contributed by atoms with E-state index in [-0.39, 0.29) is 33.6 Å². The van der Waals surface area contributed by atoms with Gasteiger partial charge >= 0.3 is 0 Å². The molecular weight excluding hydrogens is 537 g/mol. The number of halogens is 1. The summed E-state index contributed by atoms with van der Waals surface area (Å²) in [4.78, 5) is 43.4. The van der Waals surface area contributed by atoms with Gasteiger partial charge in [-0.3, -0.25) is 19.7 Å². The Morgan fingerprint density at radius 2 is 1.69 bits per heavy atom. The molecule has 0 saturated heterocycles. The summed E-state index contributed by atoms with van der Waals surface area (Å²) in [5.74, 6) is -1.96. The van der Waals surface area contributed by atoms with Gasteiger partial charge in [-0.2, -0.15) is 4.37 Å². The average molecular weight is 566 g/mol. The Morgan fingerprint density at radius 1 is 0.923 bits per heavy atom. The van der Waals surface area contributed by atoms with E-state index in [1.807, 2.05) is 20.8 Å². The molecular formula is C28H28FN5O3S2. The van der Waals surface area contributed by atoms with Crippen molar-refractivity contribution in [1.29, 1.82) is 0 Å². The zero-order chi connectivity index (χ0) is 28.3. The first-order valence-corrected chi connectivity index (χ1v) is 13.7. The predicted molar refractivity (Wildman–Crippen MR) is 153 cm³/mol. The number of hydrogen-bond donors (Lipinski definition) is 3. The first kappa shape index (κ1) is 28.1. The molecule has 0 saturated carbocycles. The van der Waals surface area contributed by atoms with Crippen molar-refractivity contribution in [3.63, 3.8) is 0 Å². The molecule has 0 atom stereocenters. The van der Waals surface area contributed by atoms with Crippen molar-refractivity contribution in [3.05, 3.63) is 81.7 Å². The lowest BCUT2D eigenvalue weighted by molar-refractivity contribution is 0.0938. The summed E-state index contributed by atoms with van der Waals surface area (Å²) in [7, 11) is 0.